The van der Waals surface area contributed by atoms with Crippen molar-refractivity contribution in [3.8, 4) is 0 Å². The van der Waals surface area contributed by atoms with Gasteiger partial charge >= 0.3 is 5.69 Å². The molecule has 0 bridgehead atoms. The van der Waals surface area contributed by atoms with Gasteiger partial charge in [-0.3, -0.25) is 9.13 Å². The molecule has 1 aliphatic rings. The minimum absolute atomic E-state index is 0.108. The van der Waals surface area contributed by atoms with Gasteiger partial charge in [0.15, 0.2) is 0 Å². The van der Waals surface area contributed by atoms with Crippen molar-refractivity contribution in [3.05, 3.63) is 53.1 Å². The van der Waals surface area contributed by atoms with E-state index in [4.69, 9.17) is 0 Å². The van der Waals surface area contributed by atoms with Crippen LogP contribution in [0.1, 0.15) is 13.8 Å². The number of benzene rings is 1. The van der Waals surface area contributed by atoms with Crippen LogP contribution in [0.2, 0.25) is 0 Å². The lowest BCUT2D eigenvalue weighted by Crippen LogP contribution is -2.48. The van der Waals surface area contributed by atoms with Crippen LogP contribution >= 0.6 is 0 Å². The van der Waals surface area contributed by atoms with E-state index < -0.39 is 10.0 Å². The highest BCUT2D eigenvalue weighted by Gasteiger charge is 2.29. The molecule has 0 N–H and O–H groups in total. The number of nitrogens with zero attached hydrogens (tertiary/aromatic N) is 5. The van der Waals surface area contributed by atoms with Gasteiger partial charge in [0.25, 0.3) is 0 Å². The molecule has 1 aromatic carbocycles. The van der Waals surface area contributed by atoms with Crippen LogP contribution in [0.15, 0.2) is 52.3 Å². The molecular formula is C20H25N5O3S. The molecule has 0 spiro atoms. The summed E-state index contributed by atoms with van der Waals surface area (Å²) < 4.78 is 31.3. The Bertz CT molecular complexity index is 1180. The van der Waals surface area contributed by atoms with E-state index >= 15 is 0 Å². The summed E-state index contributed by atoms with van der Waals surface area (Å²) in [6.07, 6.45) is 1.74. The molecule has 0 unspecified atom stereocenters. The predicted molar refractivity (Wildman–Crippen MR) is 113 cm³/mol. The SMILES string of the molecule is CCn1c(=O)n(CC)c2cc(S(=O)(=O)N3CCN(c4ccccn4)CC3)ccc21. The van der Waals surface area contributed by atoms with Crippen molar-refractivity contribution in [2.24, 2.45) is 0 Å². The number of piperazine rings is 1. The lowest BCUT2D eigenvalue weighted by molar-refractivity contribution is 0.384. The Hall–Kier alpha value is -2.65. The number of hydrogen-bond donors (Lipinski definition) is 0. The first kappa shape index (κ1) is 19.7. The van der Waals surface area contributed by atoms with Crippen molar-refractivity contribution < 1.29 is 8.42 Å². The van der Waals surface area contributed by atoms with Crippen molar-refractivity contribution in [1.29, 1.82) is 0 Å². The zero-order valence-corrected chi connectivity index (χ0v) is 17.5. The Kier molecular flexibility index (Phi) is 5.18. The van der Waals surface area contributed by atoms with Crippen LogP contribution in [0.3, 0.4) is 0 Å². The third kappa shape index (κ3) is 3.34. The van der Waals surface area contributed by atoms with Gasteiger partial charge in [0.05, 0.1) is 15.9 Å². The first-order valence-electron chi connectivity index (χ1n) is 9.86. The molecule has 1 aliphatic heterocycles. The zero-order chi connectivity index (χ0) is 20.6. The molecule has 1 saturated heterocycles. The summed E-state index contributed by atoms with van der Waals surface area (Å²) in [5.41, 5.74) is 1.31. The lowest BCUT2D eigenvalue weighted by atomic mass is 10.3. The van der Waals surface area contributed by atoms with Crippen LogP contribution in [0, 0.1) is 0 Å². The van der Waals surface area contributed by atoms with E-state index in [1.165, 1.54) is 4.31 Å². The van der Waals surface area contributed by atoms with Crippen LogP contribution in [-0.4, -0.2) is 53.0 Å². The maximum atomic E-state index is 13.2. The molecule has 3 aromatic rings. The van der Waals surface area contributed by atoms with Crippen molar-refractivity contribution in [3.63, 3.8) is 0 Å². The first-order chi connectivity index (χ1) is 14.0. The summed E-state index contributed by atoms with van der Waals surface area (Å²) in [5.74, 6) is 0.860. The highest BCUT2D eigenvalue weighted by molar-refractivity contribution is 7.89. The molecule has 9 heteroatoms. The number of rotatable bonds is 5. The summed E-state index contributed by atoms with van der Waals surface area (Å²) in [5, 5.41) is 0. The van der Waals surface area contributed by atoms with E-state index in [1.807, 2.05) is 32.0 Å². The second kappa shape index (κ2) is 7.64. The van der Waals surface area contributed by atoms with Crippen LogP contribution < -0.4 is 10.6 Å². The minimum Gasteiger partial charge on any atom is -0.354 e. The van der Waals surface area contributed by atoms with Gasteiger partial charge in [-0.25, -0.2) is 18.2 Å². The standard InChI is InChI=1S/C20H25N5O3S/c1-3-24-17-9-8-16(15-18(17)25(4-2)20(24)26)29(27,28)23-13-11-22(12-14-23)19-7-5-6-10-21-19/h5-10,15H,3-4,11-14H2,1-2H3. The normalized spacial score (nSPS) is 15.9. The fourth-order valence-electron chi connectivity index (χ4n) is 3.92. The summed E-state index contributed by atoms with van der Waals surface area (Å²) >= 11 is 0. The summed E-state index contributed by atoms with van der Waals surface area (Å²) in [6.45, 7) is 6.81. The van der Waals surface area contributed by atoms with E-state index in [9.17, 15) is 13.2 Å². The van der Waals surface area contributed by atoms with Crippen molar-refractivity contribution in [2.45, 2.75) is 31.8 Å². The quantitative estimate of drug-likeness (QED) is 0.634. The highest BCUT2D eigenvalue weighted by Crippen LogP contribution is 2.23. The van der Waals surface area contributed by atoms with E-state index in [1.54, 1.807) is 33.5 Å². The predicted octanol–water partition coefficient (Wildman–Crippen LogP) is 1.75. The van der Waals surface area contributed by atoms with Gasteiger partial charge in [0.1, 0.15) is 5.82 Å². The zero-order valence-electron chi connectivity index (χ0n) is 16.7. The third-order valence-corrected chi connectivity index (χ3v) is 7.37. The smallest absolute Gasteiger partial charge is 0.329 e. The van der Waals surface area contributed by atoms with Crippen molar-refractivity contribution in [2.75, 3.05) is 31.1 Å². The maximum Gasteiger partial charge on any atom is 0.329 e. The molecule has 3 heterocycles. The molecule has 0 aliphatic carbocycles. The molecule has 8 nitrogen and oxygen atoms in total. The number of hydrogen-bond acceptors (Lipinski definition) is 5. The molecule has 0 radical (unpaired) electrons. The van der Waals surface area contributed by atoms with Crippen molar-refractivity contribution >= 4 is 26.9 Å². The number of fused-ring (bicyclic) bond motifs is 1. The Morgan fingerprint density at radius 2 is 1.62 bits per heavy atom. The van der Waals surface area contributed by atoms with Crippen LogP contribution in [0.5, 0.6) is 0 Å². The summed E-state index contributed by atoms with van der Waals surface area (Å²) in [4.78, 5) is 19.2. The first-order valence-corrected chi connectivity index (χ1v) is 11.3. The highest BCUT2D eigenvalue weighted by atomic mass is 32.2. The van der Waals surface area contributed by atoms with Crippen molar-refractivity contribution in [1.82, 2.24) is 18.4 Å². The van der Waals surface area contributed by atoms with Crippen LogP contribution in [-0.2, 0) is 23.1 Å². The molecule has 1 fully saturated rings. The van der Waals surface area contributed by atoms with E-state index in [-0.39, 0.29) is 10.6 Å². The van der Waals surface area contributed by atoms with E-state index in [0.717, 1.165) is 11.3 Å². The fourth-order valence-corrected chi connectivity index (χ4v) is 5.36. The largest absolute Gasteiger partial charge is 0.354 e. The second-order valence-corrected chi connectivity index (χ2v) is 8.94. The average Bonchev–Trinajstić information content (AvgIpc) is 3.04. The topological polar surface area (TPSA) is 80.4 Å². The third-order valence-electron chi connectivity index (χ3n) is 5.47. The monoisotopic (exact) mass is 415 g/mol. The Morgan fingerprint density at radius 3 is 2.24 bits per heavy atom. The molecular weight excluding hydrogens is 390 g/mol. The van der Waals surface area contributed by atoms with E-state index in [0.29, 0.717) is 44.8 Å². The van der Waals surface area contributed by atoms with Gasteiger partial charge in [-0.15, -0.1) is 0 Å². The van der Waals surface area contributed by atoms with Gasteiger partial charge in [0, 0.05) is 45.5 Å². The maximum absolute atomic E-state index is 13.2. The number of anilines is 1. The summed E-state index contributed by atoms with van der Waals surface area (Å²) in [7, 11) is -3.63. The number of pyridine rings is 1. The number of imidazole rings is 1. The minimum atomic E-state index is -3.63. The van der Waals surface area contributed by atoms with Gasteiger partial charge in [-0.2, -0.15) is 4.31 Å². The number of aromatic nitrogens is 3. The average molecular weight is 416 g/mol. The van der Waals surface area contributed by atoms with Gasteiger partial charge in [-0.1, -0.05) is 6.07 Å². The van der Waals surface area contributed by atoms with Gasteiger partial charge < -0.3 is 4.90 Å². The molecule has 0 atom stereocenters. The molecule has 0 amide bonds. The van der Waals surface area contributed by atoms with Gasteiger partial charge in [-0.05, 0) is 44.2 Å². The lowest BCUT2D eigenvalue weighted by Gasteiger charge is -2.34. The molecule has 29 heavy (non-hydrogen) atoms. The molecule has 4 rings (SSSR count). The number of sulfonamides is 1. The second-order valence-electron chi connectivity index (χ2n) is 7.00. The molecule has 2 aromatic heterocycles. The Morgan fingerprint density at radius 1 is 0.931 bits per heavy atom. The fraction of sp³-hybridized carbons (Fsp3) is 0.400. The van der Waals surface area contributed by atoms with Gasteiger partial charge in [0.2, 0.25) is 10.0 Å². The van der Waals surface area contributed by atoms with E-state index in [2.05, 4.69) is 9.88 Å². The Balaban J connectivity index is 1.62. The van der Waals surface area contributed by atoms with Crippen LogP contribution in [0.25, 0.3) is 11.0 Å². The number of aryl methyl sites for hydroxylation is 2. The summed E-state index contributed by atoms with van der Waals surface area (Å²) in [6, 6.07) is 10.7. The molecule has 0 saturated carbocycles. The Labute approximate surface area is 170 Å². The molecule has 154 valence electrons. The van der Waals surface area contributed by atoms with Crippen LogP contribution in [0.4, 0.5) is 5.82 Å².